The highest BCUT2D eigenvalue weighted by atomic mass is 32.2. The molecule has 0 bridgehead atoms. The Bertz CT molecular complexity index is 354. The third kappa shape index (κ3) is 3.20. The van der Waals surface area contributed by atoms with Crippen LogP contribution in [0.15, 0.2) is 0 Å². The molecule has 2 heterocycles. The van der Waals surface area contributed by atoms with Gasteiger partial charge in [-0.15, -0.1) is 0 Å². The largest absolute Gasteiger partial charge is 0.311 e. The van der Waals surface area contributed by atoms with Crippen LogP contribution in [-0.2, 0) is 9.84 Å². The maximum absolute atomic E-state index is 11.7. The van der Waals surface area contributed by atoms with Gasteiger partial charge in [0, 0.05) is 25.2 Å². The topological polar surface area (TPSA) is 49.4 Å². The first-order valence-corrected chi connectivity index (χ1v) is 8.39. The van der Waals surface area contributed by atoms with E-state index in [9.17, 15) is 8.42 Å². The van der Waals surface area contributed by atoms with Crippen LogP contribution in [0.25, 0.3) is 0 Å². The van der Waals surface area contributed by atoms with Crippen LogP contribution in [0.2, 0.25) is 0 Å². The minimum Gasteiger partial charge on any atom is -0.311 e. The van der Waals surface area contributed by atoms with Gasteiger partial charge in [-0.05, 0) is 39.7 Å². The minimum atomic E-state index is -2.78. The van der Waals surface area contributed by atoms with Gasteiger partial charge in [-0.2, -0.15) is 0 Å². The smallest absolute Gasteiger partial charge is 0.154 e. The van der Waals surface area contributed by atoms with Crippen molar-refractivity contribution in [2.45, 2.75) is 50.4 Å². The Morgan fingerprint density at radius 2 is 2.12 bits per heavy atom. The zero-order valence-electron chi connectivity index (χ0n) is 10.9. The Kier molecular flexibility index (Phi) is 4.10. The van der Waals surface area contributed by atoms with Crippen molar-refractivity contribution in [2.24, 2.45) is 0 Å². The fourth-order valence-electron chi connectivity index (χ4n) is 2.81. The Balaban J connectivity index is 1.77. The highest BCUT2D eigenvalue weighted by molar-refractivity contribution is 7.92. The standard InChI is InChI=1S/C12H24N2O2S/c1-10(2)14-6-5-11(9-14)13-8-12-4-3-7-17(12,15)16/h10-13H,3-9H2,1-2H3. The number of hydrogen-bond acceptors (Lipinski definition) is 4. The molecule has 5 heteroatoms. The molecule has 17 heavy (non-hydrogen) atoms. The van der Waals surface area contributed by atoms with Crippen molar-refractivity contribution in [1.29, 1.82) is 0 Å². The van der Waals surface area contributed by atoms with Crippen LogP contribution in [-0.4, -0.2) is 56.0 Å². The molecule has 4 nitrogen and oxygen atoms in total. The Labute approximate surface area is 105 Å². The van der Waals surface area contributed by atoms with Crippen molar-refractivity contribution >= 4 is 9.84 Å². The molecule has 0 spiro atoms. The SMILES string of the molecule is CC(C)N1CCC(NCC2CCCS2(=O)=O)C1. The molecule has 0 aromatic heterocycles. The first kappa shape index (κ1) is 13.3. The molecule has 2 aliphatic heterocycles. The molecule has 2 saturated heterocycles. The third-order valence-electron chi connectivity index (χ3n) is 4.05. The highest BCUT2D eigenvalue weighted by Gasteiger charge is 2.32. The molecule has 2 unspecified atom stereocenters. The lowest BCUT2D eigenvalue weighted by molar-refractivity contribution is 0.268. The van der Waals surface area contributed by atoms with Crippen molar-refractivity contribution in [1.82, 2.24) is 10.2 Å². The summed E-state index contributed by atoms with van der Waals surface area (Å²) in [4.78, 5) is 2.45. The fourth-order valence-corrected chi connectivity index (χ4v) is 4.59. The predicted molar refractivity (Wildman–Crippen MR) is 69.9 cm³/mol. The maximum Gasteiger partial charge on any atom is 0.154 e. The monoisotopic (exact) mass is 260 g/mol. The van der Waals surface area contributed by atoms with Crippen LogP contribution in [0.3, 0.4) is 0 Å². The molecule has 0 radical (unpaired) electrons. The summed E-state index contributed by atoms with van der Waals surface area (Å²) in [6, 6.07) is 1.07. The van der Waals surface area contributed by atoms with Crippen molar-refractivity contribution in [2.75, 3.05) is 25.4 Å². The second-order valence-corrected chi connectivity index (χ2v) is 8.01. The van der Waals surface area contributed by atoms with Crippen molar-refractivity contribution in [3.05, 3.63) is 0 Å². The van der Waals surface area contributed by atoms with Gasteiger partial charge < -0.3 is 5.32 Å². The van der Waals surface area contributed by atoms with Gasteiger partial charge in [0.2, 0.25) is 0 Å². The number of nitrogens with one attached hydrogen (secondary N) is 1. The van der Waals surface area contributed by atoms with Gasteiger partial charge in [-0.25, -0.2) is 8.42 Å². The average molecular weight is 260 g/mol. The number of likely N-dealkylation sites (tertiary alicyclic amines) is 1. The van der Waals surface area contributed by atoms with E-state index in [1.165, 1.54) is 0 Å². The maximum atomic E-state index is 11.7. The van der Waals surface area contributed by atoms with E-state index in [0.717, 1.165) is 32.4 Å². The van der Waals surface area contributed by atoms with E-state index in [-0.39, 0.29) is 5.25 Å². The van der Waals surface area contributed by atoms with E-state index in [2.05, 4.69) is 24.1 Å². The van der Waals surface area contributed by atoms with Crippen molar-refractivity contribution in [3.8, 4) is 0 Å². The van der Waals surface area contributed by atoms with Crippen LogP contribution in [0.4, 0.5) is 0 Å². The molecule has 2 aliphatic rings. The third-order valence-corrected chi connectivity index (χ3v) is 6.32. The number of hydrogen-bond donors (Lipinski definition) is 1. The molecular weight excluding hydrogens is 236 g/mol. The van der Waals surface area contributed by atoms with Gasteiger partial charge in [0.1, 0.15) is 0 Å². The summed E-state index contributed by atoms with van der Waals surface area (Å²) in [5, 5.41) is 3.31. The molecule has 2 atom stereocenters. The summed E-state index contributed by atoms with van der Waals surface area (Å²) in [7, 11) is -2.78. The molecular formula is C12H24N2O2S. The van der Waals surface area contributed by atoms with Crippen LogP contribution >= 0.6 is 0 Å². The molecule has 2 fully saturated rings. The van der Waals surface area contributed by atoms with Gasteiger partial charge in [-0.1, -0.05) is 0 Å². The molecule has 0 aliphatic carbocycles. The summed E-state index contributed by atoms with van der Waals surface area (Å²) in [5.41, 5.74) is 0. The highest BCUT2D eigenvalue weighted by Crippen LogP contribution is 2.20. The molecule has 1 N–H and O–H groups in total. The van der Waals surface area contributed by atoms with Crippen LogP contribution in [0.5, 0.6) is 0 Å². The summed E-state index contributed by atoms with van der Waals surface area (Å²) in [5.74, 6) is 0.391. The zero-order chi connectivity index (χ0) is 12.5. The van der Waals surface area contributed by atoms with E-state index < -0.39 is 9.84 Å². The minimum absolute atomic E-state index is 0.129. The molecule has 0 amide bonds. The quantitative estimate of drug-likeness (QED) is 0.806. The molecule has 100 valence electrons. The first-order chi connectivity index (χ1) is 7.99. The summed E-state index contributed by atoms with van der Waals surface area (Å²) in [6.45, 7) is 7.27. The van der Waals surface area contributed by atoms with Crippen molar-refractivity contribution in [3.63, 3.8) is 0 Å². The summed E-state index contributed by atoms with van der Waals surface area (Å²) in [6.07, 6.45) is 2.83. The van der Waals surface area contributed by atoms with Crippen LogP contribution in [0.1, 0.15) is 33.1 Å². The lowest BCUT2D eigenvalue weighted by Crippen LogP contribution is -2.40. The number of nitrogens with zero attached hydrogens (tertiary/aromatic N) is 1. The van der Waals surface area contributed by atoms with Crippen LogP contribution < -0.4 is 5.32 Å². The first-order valence-electron chi connectivity index (χ1n) is 6.68. The van der Waals surface area contributed by atoms with E-state index in [1.54, 1.807) is 0 Å². The molecule has 2 rings (SSSR count). The normalized spacial score (nSPS) is 33.6. The molecule has 0 aromatic carbocycles. The zero-order valence-corrected chi connectivity index (χ0v) is 11.7. The second kappa shape index (κ2) is 5.24. The van der Waals surface area contributed by atoms with E-state index in [4.69, 9.17) is 0 Å². The Hall–Kier alpha value is -0.130. The lowest BCUT2D eigenvalue weighted by atomic mass is 10.2. The fraction of sp³-hybridized carbons (Fsp3) is 1.00. The van der Waals surface area contributed by atoms with E-state index in [0.29, 0.717) is 24.4 Å². The molecule has 0 saturated carbocycles. The number of rotatable bonds is 4. The second-order valence-electron chi connectivity index (χ2n) is 5.61. The molecule has 0 aromatic rings. The van der Waals surface area contributed by atoms with E-state index in [1.807, 2.05) is 0 Å². The predicted octanol–water partition coefficient (Wildman–Crippen LogP) is 0.636. The summed E-state index contributed by atoms with van der Waals surface area (Å²) >= 11 is 0. The Morgan fingerprint density at radius 3 is 2.65 bits per heavy atom. The van der Waals surface area contributed by atoms with Crippen LogP contribution in [0, 0.1) is 0 Å². The Morgan fingerprint density at radius 1 is 1.35 bits per heavy atom. The summed E-state index contributed by atoms with van der Waals surface area (Å²) < 4.78 is 23.4. The van der Waals surface area contributed by atoms with Crippen molar-refractivity contribution < 1.29 is 8.42 Å². The van der Waals surface area contributed by atoms with Gasteiger partial charge in [0.05, 0.1) is 11.0 Å². The lowest BCUT2D eigenvalue weighted by Gasteiger charge is -2.21. The average Bonchev–Trinajstić information content (AvgIpc) is 2.81. The number of sulfone groups is 1. The van der Waals surface area contributed by atoms with Gasteiger partial charge in [0.25, 0.3) is 0 Å². The van der Waals surface area contributed by atoms with Gasteiger partial charge >= 0.3 is 0 Å². The van der Waals surface area contributed by atoms with Gasteiger partial charge in [-0.3, -0.25) is 4.90 Å². The van der Waals surface area contributed by atoms with Gasteiger partial charge in [0.15, 0.2) is 9.84 Å². The van der Waals surface area contributed by atoms with E-state index >= 15 is 0 Å².